The number of carbonyl (C=O) groups excluding carboxylic acids is 3. The fourth-order valence-corrected chi connectivity index (χ4v) is 4.97. The van der Waals surface area contributed by atoms with E-state index in [2.05, 4.69) is 0 Å². The van der Waals surface area contributed by atoms with E-state index in [-0.39, 0.29) is 49.6 Å². The van der Waals surface area contributed by atoms with Crippen LogP contribution in [0, 0.1) is 11.3 Å². The molecule has 1 N–H and O–H groups in total. The first-order valence-corrected chi connectivity index (χ1v) is 10.5. The number of aliphatic hydroxyl groups excluding tert-OH is 1. The summed E-state index contributed by atoms with van der Waals surface area (Å²) >= 11 is 1.43. The summed E-state index contributed by atoms with van der Waals surface area (Å²) in [5.74, 6) is -2.67. The fourth-order valence-electron chi connectivity index (χ4n) is 3.95. The van der Waals surface area contributed by atoms with E-state index in [1.165, 1.54) is 11.8 Å². The second-order valence-corrected chi connectivity index (χ2v) is 8.12. The lowest BCUT2D eigenvalue weighted by Gasteiger charge is -2.42. The van der Waals surface area contributed by atoms with Gasteiger partial charge in [-0.3, -0.25) is 14.4 Å². The molecule has 2 aliphatic carbocycles. The van der Waals surface area contributed by atoms with Crippen molar-refractivity contribution in [2.75, 3.05) is 13.2 Å². The molecule has 1 fully saturated rings. The number of allylic oxidation sites excluding steroid dienone is 3. The van der Waals surface area contributed by atoms with Crippen LogP contribution in [-0.4, -0.2) is 36.0 Å². The molecular formula is C22H24O6S. The average Bonchev–Trinajstić information content (AvgIpc) is 2.69. The van der Waals surface area contributed by atoms with Crippen molar-refractivity contribution in [2.24, 2.45) is 11.3 Å². The Morgan fingerprint density at radius 3 is 2.34 bits per heavy atom. The van der Waals surface area contributed by atoms with Gasteiger partial charge in [0.2, 0.25) is 0 Å². The number of hydrogen-bond donors (Lipinski definition) is 1. The number of ketones is 1. The van der Waals surface area contributed by atoms with Gasteiger partial charge in [-0.05, 0) is 49.8 Å². The third-order valence-corrected chi connectivity index (χ3v) is 6.30. The molecule has 0 bridgehead atoms. The minimum absolute atomic E-state index is 0.00816. The minimum atomic E-state index is -1.64. The highest BCUT2D eigenvalue weighted by atomic mass is 32.2. The van der Waals surface area contributed by atoms with Crippen LogP contribution in [0.1, 0.15) is 33.1 Å². The van der Waals surface area contributed by atoms with Gasteiger partial charge in [0.1, 0.15) is 5.76 Å². The molecule has 0 spiro atoms. The van der Waals surface area contributed by atoms with Crippen molar-refractivity contribution in [2.45, 2.75) is 38.0 Å². The van der Waals surface area contributed by atoms with Gasteiger partial charge in [-0.1, -0.05) is 30.0 Å². The van der Waals surface area contributed by atoms with E-state index >= 15 is 0 Å². The molecule has 1 aromatic carbocycles. The lowest BCUT2D eigenvalue weighted by Crippen LogP contribution is -2.52. The molecular weight excluding hydrogens is 392 g/mol. The molecule has 29 heavy (non-hydrogen) atoms. The van der Waals surface area contributed by atoms with Gasteiger partial charge in [0.15, 0.2) is 11.2 Å². The maximum atomic E-state index is 13.0. The molecule has 0 aromatic heterocycles. The monoisotopic (exact) mass is 416 g/mol. The van der Waals surface area contributed by atoms with E-state index in [0.29, 0.717) is 0 Å². The van der Waals surface area contributed by atoms with Crippen LogP contribution < -0.4 is 0 Å². The van der Waals surface area contributed by atoms with Crippen molar-refractivity contribution in [1.29, 1.82) is 0 Å². The number of rotatable bonds is 6. The van der Waals surface area contributed by atoms with Crippen molar-refractivity contribution in [1.82, 2.24) is 0 Å². The summed E-state index contributed by atoms with van der Waals surface area (Å²) in [4.78, 5) is 40.3. The molecule has 2 aliphatic rings. The Bertz CT molecular complexity index is 853. The quantitative estimate of drug-likeness (QED) is 0.554. The van der Waals surface area contributed by atoms with E-state index in [0.717, 1.165) is 9.80 Å². The van der Waals surface area contributed by atoms with Crippen LogP contribution >= 0.6 is 11.8 Å². The Kier molecular flexibility index (Phi) is 6.47. The first-order chi connectivity index (χ1) is 13.9. The van der Waals surface area contributed by atoms with Crippen molar-refractivity contribution in [3.8, 4) is 0 Å². The zero-order valence-corrected chi connectivity index (χ0v) is 17.3. The number of aliphatic hydroxyl groups is 1. The number of fused-ring (bicyclic) bond motifs is 1. The first-order valence-electron chi connectivity index (χ1n) is 9.68. The molecule has 0 amide bonds. The minimum Gasteiger partial charge on any atom is -0.507 e. The molecule has 1 atom stereocenters. The summed E-state index contributed by atoms with van der Waals surface area (Å²) in [5.41, 5.74) is -1.52. The number of Topliss-reactive ketones (excluding diaryl/α,β-unsaturated/α-hetero) is 1. The normalized spacial score (nSPS) is 20.6. The molecule has 1 unspecified atom stereocenters. The molecule has 154 valence electrons. The lowest BCUT2D eigenvalue weighted by atomic mass is 9.61. The predicted octanol–water partition coefficient (Wildman–Crippen LogP) is 3.97. The Morgan fingerprint density at radius 2 is 1.76 bits per heavy atom. The zero-order chi connectivity index (χ0) is 21.0. The van der Waals surface area contributed by atoms with Gasteiger partial charge in [-0.25, -0.2) is 0 Å². The molecule has 0 radical (unpaired) electrons. The summed E-state index contributed by atoms with van der Waals surface area (Å²) in [6, 6.07) is 9.56. The number of thioether (sulfide) groups is 1. The highest BCUT2D eigenvalue weighted by Crippen LogP contribution is 2.52. The molecule has 1 aromatic rings. The first kappa shape index (κ1) is 21.2. The van der Waals surface area contributed by atoms with Crippen LogP contribution in [0.3, 0.4) is 0 Å². The topological polar surface area (TPSA) is 89.9 Å². The lowest BCUT2D eigenvalue weighted by molar-refractivity contribution is -0.178. The smallest absolute Gasteiger partial charge is 0.324 e. The van der Waals surface area contributed by atoms with Crippen LogP contribution in [0.25, 0.3) is 0 Å². The second-order valence-electron chi connectivity index (χ2n) is 6.92. The number of benzene rings is 1. The summed E-state index contributed by atoms with van der Waals surface area (Å²) in [7, 11) is 0. The van der Waals surface area contributed by atoms with Crippen molar-refractivity contribution >= 4 is 29.5 Å². The molecule has 7 heteroatoms. The van der Waals surface area contributed by atoms with Crippen molar-refractivity contribution < 1.29 is 29.0 Å². The van der Waals surface area contributed by atoms with Gasteiger partial charge < -0.3 is 14.6 Å². The van der Waals surface area contributed by atoms with Crippen LogP contribution in [0.2, 0.25) is 0 Å². The van der Waals surface area contributed by atoms with Gasteiger partial charge in [0, 0.05) is 22.8 Å². The second kappa shape index (κ2) is 8.86. The Balaban J connectivity index is 2.05. The Hall–Kier alpha value is -2.54. The van der Waals surface area contributed by atoms with Gasteiger partial charge in [-0.15, -0.1) is 0 Å². The summed E-state index contributed by atoms with van der Waals surface area (Å²) < 4.78 is 10.5. The SMILES string of the molecule is CCOC(=O)C1(C(=O)OCC)CCC(=O)C2=C(O)C=C(Sc3ccccc3)CC21. The number of ether oxygens (including phenoxy) is 2. The molecule has 0 aliphatic heterocycles. The molecule has 1 saturated carbocycles. The van der Waals surface area contributed by atoms with Gasteiger partial charge in [0.05, 0.1) is 13.2 Å². The fraction of sp³-hybridized carbons (Fsp3) is 0.409. The Labute approximate surface area is 174 Å². The molecule has 6 nitrogen and oxygen atoms in total. The van der Waals surface area contributed by atoms with E-state index in [9.17, 15) is 19.5 Å². The number of esters is 2. The van der Waals surface area contributed by atoms with Crippen molar-refractivity contribution in [3.63, 3.8) is 0 Å². The summed E-state index contributed by atoms with van der Waals surface area (Å²) in [5, 5.41) is 10.6. The standard InChI is InChI=1S/C22H24O6S/c1-3-27-20(25)22(21(26)28-4-2)11-10-17(23)19-16(22)12-15(13-18(19)24)29-14-8-6-5-7-9-14/h5-9,13,16,24H,3-4,10-12H2,1-2H3. The third-order valence-electron chi connectivity index (χ3n) is 5.24. The van der Waals surface area contributed by atoms with Gasteiger partial charge >= 0.3 is 11.9 Å². The maximum absolute atomic E-state index is 13.0. The van der Waals surface area contributed by atoms with Crippen molar-refractivity contribution in [3.05, 3.63) is 52.6 Å². The number of carbonyl (C=O) groups is 3. The van der Waals surface area contributed by atoms with E-state index < -0.39 is 23.3 Å². The number of hydrogen-bond acceptors (Lipinski definition) is 7. The Morgan fingerprint density at radius 1 is 1.14 bits per heavy atom. The largest absolute Gasteiger partial charge is 0.507 e. The molecule has 0 heterocycles. The highest BCUT2D eigenvalue weighted by Gasteiger charge is 2.60. The van der Waals surface area contributed by atoms with Crippen LogP contribution in [-0.2, 0) is 23.9 Å². The van der Waals surface area contributed by atoms with E-state index in [1.54, 1.807) is 19.9 Å². The predicted molar refractivity (Wildman–Crippen MR) is 108 cm³/mol. The summed E-state index contributed by atoms with van der Waals surface area (Å²) in [6.45, 7) is 3.53. The maximum Gasteiger partial charge on any atom is 0.324 e. The van der Waals surface area contributed by atoms with Crippen LogP contribution in [0.15, 0.2) is 57.5 Å². The highest BCUT2D eigenvalue weighted by molar-refractivity contribution is 8.03. The van der Waals surface area contributed by atoms with Gasteiger partial charge in [-0.2, -0.15) is 0 Å². The van der Waals surface area contributed by atoms with Crippen LogP contribution in [0.5, 0.6) is 0 Å². The third kappa shape index (κ3) is 3.96. The van der Waals surface area contributed by atoms with Gasteiger partial charge in [0.25, 0.3) is 0 Å². The van der Waals surface area contributed by atoms with Crippen LogP contribution in [0.4, 0.5) is 0 Å². The molecule has 3 rings (SSSR count). The summed E-state index contributed by atoms with van der Waals surface area (Å²) in [6.07, 6.45) is 1.80. The zero-order valence-electron chi connectivity index (χ0n) is 16.5. The van der Waals surface area contributed by atoms with E-state index in [4.69, 9.17) is 9.47 Å². The average molecular weight is 416 g/mol. The van der Waals surface area contributed by atoms with E-state index in [1.807, 2.05) is 30.3 Å². The molecule has 0 saturated heterocycles.